The average molecular weight is 329 g/mol. The van der Waals surface area contributed by atoms with E-state index in [0.717, 1.165) is 35.4 Å². The van der Waals surface area contributed by atoms with Crippen molar-refractivity contribution >= 4 is 23.0 Å². The van der Waals surface area contributed by atoms with Gasteiger partial charge in [0.15, 0.2) is 0 Å². The minimum Gasteiger partial charge on any atom is -0.367 e. The van der Waals surface area contributed by atoms with E-state index in [4.69, 9.17) is 10.9 Å². The van der Waals surface area contributed by atoms with Gasteiger partial charge in [0, 0.05) is 33.9 Å². The van der Waals surface area contributed by atoms with Gasteiger partial charge in [0.2, 0.25) is 5.96 Å². The second-order valence-electron chi connectivity index (χ2n) is 5.65. The van der Waals surface area contributed by atoms with E-state index in [1.54, 1.807) is 5.48 Å². The highest BCUT2D eigenvalue weighted by Crippen LogP contribution is 2.36. The molecule has 6 nitrogen and oxygen atoms in total. The first-order valence-corrected chi connectivity index (χ1v) is 8.21. The number of aryl methyl sites for hydroxylation is 2. The quantitative estimate of drug-likeness (QED) is 0.448. The van der Waals surface area contributed by atoms with Crippen LogP contribution in [0.1, 0.15) is 38.9 Å². The maximum atomic E-state index is 8.76. The van der Waals surface area contributed by atoms with Crippen molar-refractivity contribution in [1.82, 2.24) is 10.5 Å². The summed E-state index contributed by atoms with van der Waals surface area (Å²) in [5.74, 6) is 0.211. The van der Waals surface area contributed by atoms with Crippen LogP contribution >= 0.6 is 11.3 Å². The Bertz CT molecular complexity index is 781. The molecule has 1 aliphatic rings. The standard InChI is InChI=1S/C16H19N5OS/c1-9-5-6-18-12-7-11(14-4-3-10(2)23-14)8-13(15(9)12)19-20-16(17)21-22/h3-6,11,22H,7-8H2,1-2H3,(H3,17,20,21)/b19-13-. The number of hydrogen-bond donors (Lipinski definition) is 3. The topological polar surface area (TPSA) is 95.9 Å². The lowest BCUT2D eigenvalue weighted by atomic mass is 9.83. The molecular formula is C16H19N5OS. The zero-order valence-corrected chi connectivity index (χ0v) is 13.9. The van der Waals surface area contributed by atoms with Crippen LogP contribution in [0, 0.1) is 13.8 Å². The lowest BCUT2D eigenvalue weighted by molar-refractivity contribution is 0.232. The number of thiophene rings is 1. The van der Waals surface area contributed by atoms with Crippen molar-refractivity contribution in [1.29, 1.82) is 0 Å². The molecule has 0 aromatic carbocycles. The molecule has 0 spiro atoms. The Kier molecular flexibility index (Phi) is 4.40. The molecule has 4 N–H and O–H groups in total. The molecule has 0 radical (unpaired) electrons. The second-order valence-corrected chi connectivity index (χ2v) is 6.97. The van der Waals surface area contributed by atoms with Crippen LogP contribution in [-0.2, 0) is 6.42 Å². The fraction of sp³-hybridized carbons (Fsp3) is 0.312. The number of guanidine groups is 1. The third-order valence-electron chi connectivity index (χ3n) is 3.96. The number of fused-ring (bicyclic) bond motifs is 1. The lowest BCUT2D eigenvalue weighted by Crippen LogP contribution is -2.28. The Labute approximate surface area is 138 Å². The van der Waals surface area contributed by atoms with Crippen LogP contribution in [0.3, 0.4) is 0 Å². The highest BCUT2D eigenvalue weighted by molar-refractivity contribution is 7.12. The van der Waals surface area contributed by atoms with Crippen LogP contribution < -0.4 is 11.2 Å². The maximum absolute atomic E-state index is 8.76. The number of nitrogens with zero attached hydrogens (tertiary/aromatic N) is 3. The van der Waals surface area contributed by atoms with Gasteiger partial charge in [-0.05, 0) is 44.0 Å². The van der Waals surface area contributed by atoms with Gasteiger partial charge in [-0.1, -0.05) is 0 Å². The largest absolute Gasteiger partial charge is 0.367 e. The van der Waals surface area contributed by atoms with Crippen molar-refractivity contribution < 1.29 is 5.21 Å². The van der Waals surface area contributed by atoms with Gasteiger partial charge in [0.25, 0.3) is 0 Å². The van der Waals surface area contributed by atoms with Crippen LogP contribution in [0.2, 0.25) is 0 Å². The maximum Gasteiger partial charge on any atom is 0.237 e. The predicted octanol–water partition coefficient (Wildman–Crippen LogP) is 2.49. The molecule has 2 heterocycles. The first-order valence-electron chi connectivity index (χ1n) is 7.39. The molecule has 0 fully saturated rings. The Balaban J connectivity index is 2.03. The van der Waals surface area contributed by atoms with Gasteiger partial charge in [-0.2, -0.15) is 5.10 Å². The molecule has 0 amide bonds. The molecule has 0 saturated heterocycles. The van der Waals surface area contributed by atoms with E-state index in [9.17, 15) is 0 Å². The van der Waals surface area contributed by atoms with Crippen LogP contribution in [0.4, 0.5) is 0 Å². The van der Waals surface area contributed by atoms with E-state index < -0.39 is 0 Å². The lowest BCUT2D eigenvalue weighted by Gasteiger charge is -2.25. The Morgan fingerprint density at radius 2 is 2.17 bits per heavy atom. The Hall–Kier alpha value is -2.25. The monoisotopic (exact) mass is 329 g/mol. The number of nitrogens with two attached hydrogens (primary N) is 1. The summed E-state index contributed by atoms with van der Waals surface area (Å²) in [6.45, 7) is 4.16. The van der Waals surface area contributed by atoms with Crippen LogP contribution in [-0.4, -0.2) is 21.9 Å². The van der Waals surface area contributed by atoms with E-state index in [1.165, 1.54) is 9.75 Å². The van der Waals surface area contributed by atoms with Crippen LogP contribution in [0.25, 0.3) is 0 Å². The first kappa shape index (κ1) is 15.6. The zero-order valence-electron chi connectivity index (χ0n) is 13.1. The predicted molar refractivity (Wildman–Crippen MR) is 92.2 cm³/mol. The fourth-order valence-corrected chi connectivity index (χ4v) is 3.88. The Morgan fingerprint density at radius 1 is 1.35 bits per heavy atom. The highest BCUT2D eigenvalue weighted by atomic mass is 32.1. The number of hydrogen-bond acceptors (Lipinski definition) is 5. The third kappa shape index (κ3) is 3.25. The summed E-state index contributed by atoms with van der Waals surface area (Å²) >= 11 is 1.81. The van der Waals surface area contributed by atoms with Crippen LogP contribution in [0.5, 0.6) is 0 Å². The van der Waals surface area contributed by atoms with Gasteiger partial charge in [0.1, 0.15) is 0 Å². The summed E-state index contributed by atoms with van der Waals surface area (Å²) in [5.41, 5.74) is 11.3. The molecule has 1 unspecified atom stereocenters. The van der Waals surface area contributed by atoms with E-state index in [1.807, 2.05) is 30.5 Å². The summed E-state index contributed by atoms with van der Waals surface area (Å²) in [7, 11) is 0. The zero-order chi connectivity index (χ0) is 16.4. The molecule has 1 aliphatic carbocycles. The highest BCUT2D eigenvalue weighted by Gasteiger charge is 2.28. The molecule has 23 heavy (non-hydrogen) atoms. The van der Waals surface area contributed by atoms with E-state index in [0.29, 0.717) is 5.92 Å². The number of pyridine rings is 1. The van der Waals surface area contributed by atoms with Gasteiger partial charge in [-0.25, -0.2) is 5.48 Å². The SMILES string of the molecule is Cc1ccc(C2C/C(=N/N=C(\N)NO)c3c(C)ccnc3C2)s1. The summed E-state index contributed by atoms with van der Waals surface area (Å²) < 4.78 is 0. The van der Waals surface area contributed by atoms with Gasteiger partial charge in [0.05, 0.1) is 11.4 Å². The average Bonchev–Trinajstić information content (AvgIpc) is 2.98. The van der Waals surface area contributed by atoms with E-state index in [2.05, 4.69) is 34.2 Å². The minimum atomic E-state index is -0.130. The normalized spacial score (nSPS) is 19.7. The van der Waals surface area contributed by atoms with Crippen molar-refractivity contribution in [3.63, 3.8) is 0 Å². The van der Waals surface area contributed by atoms with Crippen molar-refractivity contribution in [2.45, 2.75) is 32.6 Å². The molecule has 1 atom stereocenters. The third-order valence-corrected chi connectivity index (χ3v) is 5.13. The van der Waals surface area contributed by atoms with Gasteiger partial charge < -0.3 is 5.73 Å². The molecule has 0 bridgehead atoms. The number of hydroxylamine groups is 1. The van der Waals surface area contributed by atoms with Crippen molar-refractivity contribution in [2.24, 2.45) is 15.9 Å². The number of aromatic nitrogens is 1. The molecule has 2 aromatic heterocycles. The molecule has 0 aliphatic heterocycles. The Morgan fingerprint density at radius 3 is 2.87 bits per heavy atom. The molecule has 120 valence electrons. The first-order chi connectivity index (χ1) is 11.1. The van der Waals surface area contributed by atoms with Crippen molar-refractivity contribution in [3.8, 4) is 0 Å². The van der Waals surface area contributed by atoms with E-state index in [-0.39, 0.29) is 5.96 Å². The number of nitrogens with one attached hydrogen (secondary N) is 1. The summed E-state index contributed by atoms with van der Waals surface area (Å²) in [6.07, 6.45) is 3.51. The van der Waals surface area contributed by atoms with Gasteiger partial charge in [-0.3, -0.25) is 10.2 Å². The summed E-state index contributed by atoms with van der Waals surface area (Å²) in [5, 5.41) is 16.9. The molecule has 2 aromatic rings. The molecular weight excluding hydrogens is 310 g/mol. The minimum absolute atomic E-state index is 0.130. The fourth-order valence-electron chi connectivity index (χ4n) is 2.91. The van der Waals surface area contributed by atoms with Crippen molar-refractivity contribution in [2.75, 3.05) is 0 Å². The van der Waals surface area contributed by atoms with E-state index >= 15 is 0 Å². The molecule has 7 heteroatoms. The van der Waals surface area contributed by atoms with Gasteiger partial charge >= 0.3 is 0 Å². The second kappa shape index (κ2) is 6.47. The van der Waals surface area contributed by atoms with Crippen LogP contribution in [0.15, 0.2) is 34.6 Å². The number of rotatable bonds is 2. The molecule has 0 saturated carbocycles. The molecule has 3 rings (SSSR count). The van der Waals surface area contributed by atoms with Gasteiger partial charge in [-0.15, -0.1) is 16.4 Å². The summed E-state index contributed by atoms with van der Waals surface area (Å²) in [6, 6.07) is 6.29. The van der Waals surface area contributed by atoms with Crippen molar-refractivity contribution in [3.05, 3.63) is 51.0 Å². The summed E-state index contributed by atoms with van der Waals surface area (Å²) in [4.78, 5) is 7.17. The smallest absolute Gasteiger partial charge is 0.237 e.